The van der Waals surface area contributed by atoms with E-state index in [1.165, 1.54) is 11.8 Å². The minimum absolute atomic E-state index is 0.122. The summed E-state index contributed by atoms with van der Waals surface area (Å²) in [5, 5.41) is 6.52. The normalized spacial score (nSPS) is 10.5. The predicted octanol–water partition coefficient (Wildman–Crippen LogP) is 3.74. The van der Waals surface area contributed by atoms with Gasteiger partial charge in [0.05, 0.1) is 12.4 Å². The smallest absolute Gasteiger partial charge is 0.251 e. The number of nitrogens with zero attached hydrogens (tertiary/aromatic N) is 2. The van der Waals surface area contributed by atoms with Crippen LogP contribution in [0.4, 0.5) is 5.69 Å². The van der Waals surface area contributed by atoms with Crippen molar-refractivity contribution in [3.8, 4) is 5.75 Å². The van der Waals surface area contributed by atoms with Gasteiger partial charge in [-0.2, -0.15) is 0 Å². The predicted molar refractivity (Wildman–Crippen MR) is 123 cm³/mol. The van der Waals surface area contributed by atoms with Gasteiger partial charge in [0.1, 0.15) is 5.75 Å². The summed E-state index contributed by atoms with van der Waals surface area (Å²) in [5.74, 6) is 0.866. The molecule has 1 heterocycles. The van der Waals surface area contributed by atoms with Crippen molar-refractivity contribution >= 4 is 29.3 Å². The molecule has 3 rings (SSSR count). The van der Waals surface area contributed by atoms with Crippen LogP contribution in [0, 0.1) is 0 Å². The van der Waals surface area contributed by atoms with E-state index in [-0.39, 0.29) is 17.6 Å². The Balaban J connectivity index is 1.32. The number of unbranched alkanes of at least 4 members (excludes halogenated alkanes) is 1. The largest absolute Gasteiger partial charge is 0.494 e. The van der Waals surface area contributed by atoms with Crippen molar-refractivity contribution in [1.82, 2.24) is 14.9 Å². The number of carbonyl (C=O) groups excluding carboxylic acids is 2. The van der Waals surface area contributed by atoms with Gasteiger partial charge < -0.3 is 19.9 Å². The number of nitrogens with one attached hydrogen (secondary N) is 2. The molecule has 0 fully saturated rings. The highest BCUT2D eigenvalue weighted by atomic mass is 32.2. The minimum atomic E-state index is -0.132. The highest BCUT2D eigenvalue weighted by molar-refractivity contribution is 7.99. The number of anilines is 1. The Kier molecular flexibility index (Phi) is 8.54. The minimum Gasteiger partial charge on any atom is -0.494 e. The highest BCUT2D eigenvalue weighted by Crippen LogP contribution is 2.16. The average Bonchev–Trinajstić information content (AvgIpc) is 3.20. The first-order chi connectivity index (χ1) is 15.1. The highest BCUT2D eigenvalue weighted by Gasteiger charge is 2.08. The molecular weight excluding hydrogens is 412 g/mol. The molecule has 0 aliphatic heterocycles. The summed E-state index contributed by atoms with van der Waals surface area (Å²) in [6.07, 6.45) is 5.22. The van der Waals surface area contributed by atoms with E-state index >= 15 is 0 Å². The Hall–Kier alpha value is -3.26. The summed E-state index contributed by atoms with van der Waals surface area (Å²) in [6, 6.07) is 16.5. The van der Waals surface area contributed by atoms with E-state index in [0.717, 1.165) is 23.7 Å². The number of imidazole rings is 1. The van der Waals surface area contributed by atoms with Gasteiger partial charge in [0.25, 0.3) is 5.91 Å². The second kappa shape index (κ2) is 11.8. The summed E-state index contributed by atoms with van der Waals surface area (Å²) >= 11 is 1.37. The van der Waals surface area contributed by atoms with Gasteiger partial charge in [-0.1, -0.05) is 30.0 Å². The van der Waals surface area contributed by atoms with Gasteiger partial charge in [0.15, 0.2) is 5.16 Å². The number of hydrogen-bond donors (Lipinski definition) is 2. The van der Waals surface area contributed by atoms with Crippen LogP contribution in [0.5, 0.6) is 5.75 Å². The van der Waals surface area contributed by atoms with Crippen molar-refractivity contribution in [2.24, 2.45) is 7.05 Å². The van der Waals surface area contributed by atoms with Gasteiger partial charge >= 0.3 is 0 Å². The molecule has 31 heavy (non-hydrogen) atoms. The molecule has 2 amide bonds. The fraction of sp³-hybridized carbons (Fsp3) is 0.261. The molecule has 0 saturated heterocycles. The molecule has 0 radical (unpaired) electrons. The van der Waals surface area contributed by atoms with Crippen LogP contribution in [0.3, 0.4) is 0 Å². The maximum Gasteiger partial charge on any atom is 0.251 e. The molecular formula is C23H26N4O3S. The molecule has 0 aliphatic rings. The Morgan fingerprint density at radius 3 is 2.55 bits per heavy atom. The van der Waals surface area contributed by atoms with Gasteiger partial charge in [-0.05, 0) is 49.2 Å². The summed E-state index contributed by atoms with van der Waals surface area (Å²) in [7, 11) is 1.88. The second-order valence-electron chi connectivity index (χ2n) is 6.86. The van der Waals surface area contributed by atoms with Crippen molar-refractivity contribution in [3.05, 3.63) is 72.6 Å². The maximum absolute atomic E-state index is 12.3. The van der Waals surface area contributed by atoms with E-state index in [9.17, 15) is 9.59 Å². The molecule has 0 spiro atoms. The van der Waals surface area contributed by atoms with E-state index in [1.807, 2.05) is 48.1 Å². The molecule has 2 aromatic carbocycles. The van der Waals surface area contributed by atoms with Crippen molar-refractivity contribution < 1.29 is 14.3 Å². The van der Waals surface area contributed by atoms with Crippen molar-refractivity contribution in [1.29, 1.82) is 0 Å². The molecule has 0 atom stereocenters. The molecule has 7 nitrogen and oxygen atoms in total. The van der Waals surface area contributed by atoms with Crippen molar-refractivity contribution in [3.63, 3.8) is 0 Å². The Labute approximate surface area is 186 Å². The van der Waals surface area contributed by atoms with Gasteiger partial charge in [-0.25, -0.2) is 4.98 Å². The molecule has 0 bridgehead atoms. The SMILES string of the molecule is Cn1ccnc1SCC(=O)Nc1ccc(C(=O)NCCCCOc2ccccc2)cc1. The Bertz CT molecular complexity index is 974. The monoisotopic (exact) mass is 438 g/mol. The topological polar surface area (TPSA) is 85.2 Å². The molecule has 162 valence electrons. The first-order valence-corrected chi connectivity index (χ1v) is 11.1. The summed E-state index contributed by atoms with van der Waals surface area (Å²) in [4.78, 5) is 28.5. The van der Waals surface area contributed by atoms with Gasteiger partial charge in [-0.15, -0.1) is 0 Å². The van der Waals surface area contributed by atoms with Crippen LogP contribution in [0.15, 0.2) is 72.1 Å². The van der Waals surface area contributed by atoms with Crippen LogP contribution in [-0.4, -0.2) is 40.3 Å². The number of para-hydroxylation sites is 1. The van der Waals surface area contributed by atoms with Crippen LogP contribution in [-0.2, 0) is 11.8 Å². The number of carbonyl (C=O) groups is 2. The van der Waals surface area contributed by atoms with E-state index in [0.29, 0.717) is 24.4 Å². The zero-order valence-corrected chi connectivity index (χ0v) is 18.2. The molecule has 3 aromatic rings. The molecule has 0 saturated carbocycles. The summed E-state index contributed by atoms with van der Waals surface area (Å²) in [6.45, 7) is 1.20. The van der Waals surface area contributed by atoms with Crippen molar-refractivity contribution in [2.75, 3.05) is 24.2 Å². The van der Waals surface area contributed by atoms with E-state index in [2.05, 4.69) is 15.6 Å². The van der Waals surface area contributed by atoms with Gasteiger partial charge in [0.2, 0.25) is 5.91 Å². The molecule has 0 unspecified atom stereocenters. The van der Waals surface area contributed by atoms with Crippen LogP contribution in [0.25, 0.3) is 0 Å². The first-order valence-electron chi connectivity index (χ1n) is 10.1. The van der Waals surface area contributed by atoms with Crippen LogP contribution < -0.4 is 15.4 Å². The lowest BCUT2D eigenvalue weighted by molar-refractivity contribution is -0.113. The number of hydrogen-bond acceptors (Lipinski definition) is 5. The standard InChI is InChI=1S/C23H26N4O3S/c1-27-15-14-25-23(27)31-17-21(28)26-19-11-9-18(10-12-19)22(29)24-13-5-6-16-30-20-7-3-2-4-8-20/h2-4,7-12,14-15H,5-6,13,16-17H2,1H3,(H,24,29)(H,26,28). The maximum atomic E-state index is 12.3. The molecule has 8 heteroatoms. The van der Waals surface area contributed by atoms with Crippen LogP contribution >= 0.6 is 11.8 Å². The van der Waals surface area contributed by atoms with E-state index in [4.69, 9.17) is 4.74 Å². The first kappa shape index (κ1) is 22.4. The molecule has 1 aromatic heterocycles. The lowest BCUT2D eigenvalue weighted by atomic mass is 10.2. The number of thioether (sulfide) groups is 1. The van der Waals surface area contributed by atoms with Crippen LogP contribution in [0.2, 0.25) is 0 Å². The zero-order chi connectivity index (χ0) is 21.9. The summed E-state index contributed by atoms with van der Waals surface area (Å²) in [5.41, 5.74) is 1.21. The lowest BCUT2D eigenvalue weighted by Gasteiger charge is -2.08. The van der Waals surface area contributed by atoms with Crippen molar-refractivity contribution in [2.45, 2.75) is 18.0 Å². The summed E-state index contributed by atoms with van der Waals surface area (Å²) < 4.78 is 7.50. The Morgan fingerprint density at radius 2 is 1.84 bits per heavy atom. The van der Waals surface area contributed by atoms with Crippen LogP contribution in [0.1, 0.15) is 23.2 Å². The fourth-order valence-corrected chi connectivity index (χ4v) is 3.49. The van der Waals surface area contributed by atoms with Gasteiger partial charge in [-0.3, -0.25) is 9.59 Å². The zero-order valence-electron chi connectivity index (χ0n) is 17.4. The number of benzene rings is 2. The molecule has 0 aliphatic carbocycles. The number of amides is 2. The number of aryl methyl sites for hydroxylation is 1. The molecule has 2 N–H and O–H groups in total. The quantitative estimate of drug-likeness (QED) is 0.352. The third-order valence-corrected chi connectivity index (χ3v) is 5.47. The number of rotatable bonds is 11. The number of ether oxygens (including phenoxy) is 1. The average molecular weight is 439 g/mol. The van der Waals surface area contributed by atoms with E-state index in [1.54, 1.807) is 30.5 Å². The third-order valence-electron chi connectivity index (χ3n) is 4.41. The lowest BCUT2D eigenvalue weighted by Crippen LogP contribution is -2.24. The second-order valence-corrected chi connectivity index (χ2v) is 7.80. The van der Waals surface area contributed by atoms with E-state index < -0.39 is 0 Å². The Morgan fingerprint density at radius 1 is 1.06 bits per heavy atom. The fourth-order valence-electron chi connectivity index (χ4n) is 2.76. The third kappa shape index (κ3) is 7.49. The van der Waals surface area contributed by atoms with Gasteiger partial charge in [0, 0.05) is 37.2 Å². The number of aromatic nitrogens is 2.